The van der Waals surface area contributed by atoms with Crippen molar-refractivity contribution in [1.82, 2.24) is 9.88 Å². The van der Waals surface area contributed by atoms with Gasteiger partial charge in [0.05, 0.1) is 5.01 Å². The summed E-state index contributed by atoms with van der Waals surface area (Å²) in [5.74, 6) is 0.532. The van der Waals surface area contributed by atoms with E-state index in [2.05, 4.69) is 9.88 Å². The summed E-state index contributed by atoms with van der Waals surface area (Å²) in [6, 6.07) is 0. The number of likely N-dealkylation sites (tertiary alicyclic amines) is 1. The van der Waals surface area contributed by atoms with Gasteiger partial charge in [-0.05, 0) is 38.8 Å². The number of rotatable bonds is 3. The Bertz CT molecular complexity index is 305. The molecule has 1 aromatic heterocycles. The van der Waals surface area contributed by atoms with E-state index in [0.29, 0.717) is 12.5 Å². The van der Waals surface area contributed by atoms with Crippen LogP contribution in [0.1, 0.15) is 22.7 Å². The Kier molecular flexibility index (Phi) is 3.72. The summed E-state index contributed by atoms with van der Waals surface area (Å²) in [4.78, 5) is 8.08. The maximum Gasteiger partial charge on any atom is 0.0897 e. The topological polar surface area (TPSA) is 36.4 Å². The van der Waals surface area contributed by atoms with Crippen molar-refractivity contribution in [3.63, 3.8) is 0 Å². The highest BCUT2D eigenvalue weighted by molar-refractivity contribution is 7.11. The van der Waals surface area contributed by atoms with Gasteiger partial charge in [0.2, 0.25) is 0 Å². The second-order valence-electron chi connectivity index (χ2n) is 4.25. The standard InChI is InChI=1S/C11H18N2OS/c1-9-12-6-11(15-9)7-13-4-2-10(8-14)3-5-13/h6,10,14H,2-5,7-8H2,1H3. The first-order valence-corrected chi connectivity index (χ1v) is 6.34. The van der Waals surface area contributed by atoms with E-state index < -0.39 is 0 Å². The molecule has 0 aromatic carbocycles. The third-order valence-corrected chi connectivity index (χ3v) is 3.91. The Morgan fingerprint density at radius 3 is 2.80 bits per heavy atom. The molecule has 0 spiro atoms. The SMILES string of the molecule is Cc1ncc(CN2CCC(CO)CC2)s1. The highest BCUT2D eigenvalue weighted by Crippen LogP contribution is 2.20. The molecule has 0 amide bonds. The third-order valence-electron chi connectivity index (χ3n) is 3.01. The minimum absolute atomic E-state index is 0.355. The predicted molar refractivity (Wildman–Crippen MR) is 61.9 cm³/mol. The van der Waals surface area contributed by atoms with Crippen molar-refractivity contribution in [3.05, 3.63) is 16.1 Å². The zero-order chi connectivity index (χ0) is 10.7. The quantitative estimate of drug-likeness (QED) is 0.851. The molecule has 0 atom stereocenters. The monoisotopic (exact) mass is 226 g/mol. The van der Waals surface area contributed by atoms with E-state index in [4.69, 9.17) is 5.11 Å². The van der Waals surface area contributed by atoms with E-state index in [1.807, 2.05) is 13.1 Å². The number of thiazole rings is 1. The molecule has 1 aliphatic rings. The second-order valence-corrected chi connectivity index (χ2v) is 5.57. The Balaban J connectivity index is 1.82. The normalized spacial score (nSPS) is 19.6. The molecule has 2 heterocycles. The van der Waals surface area contributed by atoms with Gasteiger partial charge in [0.1, 0.15) is 0 Å². The lowest BCUT2D eigenvalue weighted by atomic mass is 9.98. The average molecular weight is 226 g/mol. The summed E-state index contributed by atoms with van der Waals surface area (Å²) >= 11 is 1.79. The van der Waals surface area contributed by atoms with Crippen LogP contribution < -0.4 is 0 Å². The Morgan fingerprint density at radius 1 is 1.53 bits per heavy atom. The van der Waals surface area contributed by atoms with Gasteiger partial charge in [-0.2, -0.15) is 0 Å². The molecule has 15 heavy (non-hydrogen) atoms. The summed E-state index contributed by atoms with van der Waals surface area (Å²) in [6.07, 6.45) is 4.25. The first-order chi connectivity index (χ1) is 7.28. The zero-order valence-corrected chi connectivity index (χ0v) is 9.96. The lowest BCUT2D eigenvalue weighted by Gasteiger charge is -2.30. The number of aliphatic hydroxyl groups excluding tert-OH is 1. The van der Waals surface area contributed by atoms with E-state index in [9.17, 15) is 0 Å². The second kappa shape index (κ2) is 5.05. The number of piperidine rings is 1. The van der Waals surface area contributed by atoms with Gasteiger partial charge in [0.15, 0.2) is 0 Å². The molecule has 0 saturated carbocycles. The molecular weight excluding hydrogens is 208 g/mol. The molecule has 3 nitrogen and oxygen atoms in total. The fourth-order valence-corrected chi connectivity index (χ4v) is 2.86. The Hall–Kier alpha value is -0.450. The van der Waals surface area contributed by atoms with Crippen LogP contribution in [0, 0.1) is 12.8 Å². The summed E-state index contributed by atoms with van der Waals surface area (Å²) < 4.78 is 0. The van der Waals surface area contributed by atoms with E-state index >= 15 is 0 Å². The summed E-state index contributed by atoms with van der Waals surface area (Å²) in [5.41, 5.74) is 0. The minimum Gasteiger partial charge on any atom is -0.396 e. The summed E-state index contributed by atoms with van der Waals surface area (Å²) in [5, 5.41) is 10.2. The van der Waals surface area contributed by atoms with E-state index in [1.54, 1.807) is 11.3 Å². The van der Waals surface area contributed by atoms with Gasteiger partial charge in [-0.1, -0.05) is 0 Å². The van der Waals surface area contributed by atoms with Crippen molar-refractivity contribution in [2.75, 3.05) is 19.7 Å². The number of hydrogen-bond acceptors (Lipinski definition) is 4. The lowest BCUT2D eigenvalue weighted by molar-refractivity contribution is 0.128. The maximum absolute atomic E-state index is 9.04. The van der Waals surface area contributed by atoms with Crippen LogP contribution >= 0.6 is 11.3 Å². The summed E-state index contributed by atoms with van der Waals surface area (Å²) in [7, 11) is 0. The minimum atomic E-state index is 0.355. The van der Waals surface area contributed by atoms with Gasteiger partial charge in [-0.25, -0.2) is 4.98 Å². The molecule has 0 aliphatic carbocycles. The maximum atomic E-state index is 9.04. The van der Waals surface area contributed by atoms with Crippen LogP contribution in [-0.4, -0.2) is 34.7 Å². The molecular formula is C11H18N2OS. The number of hydrogen-bond donors (Lipinski definition) is 1. The molecule has 2 rings (SSSR count). The van der Waals surface area contributed by atoms with Crippen LogP contribution in [0.15, 0.2) is 6.20 Å². The van der Waals surface area contributed by atoms with Gasteiger partial charge < -0.3 is 5.11 Å². The molecule has 1 N–H and O–H groups in total. The first-order valence-electron chi connectivity index (χ1n) is 5.52. The lowest BCUT2D eigenvalue weighted by Crippen LogP contribution is -2.34. The third kappa shape index (κ3) is 3.00. The van der Waals surface area contributed by atoms with Crippen molar-refractivity contribution in [3.8, 4) is 0 Å². The summed E-state index contributed by atoms with van der Waals surface area (Å²) in [6.45, 7) is 5.66. The van der Waals surface area contributed by atoms with E-state index in [1.165, 1.54) is 4.88 Å². The number of aryl methyl sites for hydroxylation is 1. The van der Waals surface area contributed by atoms with Gasteiger partial charge in [-0.3, -0.25) is 4.90 Å². The molecule has 1 aliphatic heterocycles. The van der Waals surface area contributed by atoms with Crippen molar-refractivity contribution in [2.24, 2.45) is 5.92 Å². The van der Waals surface area contributed by atoms with Gasteiger partial charge >= 0.3 is 0 Å². The van der Waals surface area contributed by atoms with Crippen LogP contribution in [0.3, 0.4) is 0 Å². The smallest absolute Gasteiger partial charge is 0.0897 e. The van der Waals surface area contributed by atoms with Crippen LogP contribution in [-0.2, 0) is 6.54 Å². The molecule has 1 fully saturated rings. The zero-order valence-electron chi connectivity index (χ0n) is 9.15. The molecule has 84 valence electrons. The molecule has 1 aromatic rings. The predicted octanol–water partition coefficient (Wildman–Crippen LogP) is 1.66. The molecule has 0 bridgehead atoms. The van der Waals surface area contributed by atoms with Crippen molar-refractivity contribution >= 4 is 11.3 Å². The van der Waals surface area contributed by atoms with Crippen LogP contribution in [0.25, 0.3) is 0 Å². The molecule has 1 saturated heterocycles. The highest BCUT2D eigenvalue weighted by Gasteiger charge is 2.18. The van der Waals surface area contributed by atoms with Gasteiger partial charge in [0.25, 0.3) is 0 Å². The fourth-order valence-electron chi connectivity index (χ4n) is 2.03. The van der Waals surface area contributed by atoms with Crippen molar-refractivity contribution in [1.29, 1.82) is 0 Å². The van der Waals surface area contributed by atoms with Crippen LogP contribution in [0.4, 0.5) is 0 Å². The molecule has 0 unspecified atom stereocenters. The van der Waals surface area contributed by atoms with Crippen molar-refractivity contribution < 1.29 is 5.11 Å². The van der Waals surface area contributed by atoms with Crippen LogP contribution in [0.5, 0.6) is 0 Å². The largest absolute Gasteiger partial charge is 0.396 e. The fraction of sp³-hybridized carbons (Fsp3) is 0.727. The highest BCUT2D eigenvalue weighted by atomic mass is 32.1. The van der Waals surface area contributed by atoms with Crippen LogP contribution in [0.2, 0.25) is 0 Å². The Labute approximate surface area is 94.8 Å². The molecule has 0 radical (unpaired) electrons. The number of nitrogens with zero attached hydrogens (tertiary/aromatic N) is 2. The average Bonchev–Trinajstić information content (AvgIpc) is 2.65. The number of aliphatic hydroxyl groups is 1. The van der Waals surface area contributed by atoms with E-state index in [-0.39, 0.29) is 0 Å². The van der Waals surface area contributed by atoms with Crippen molar-refractivity contribution in [2.45, 2.75) is 26.3 Å². The molecule has 4 heteroatoms. The van der Waals surface area contributed by atoms with E-state index in [0.717, 1.165) is 37.5 Å². The van der Waals surface area contributed by atoms with Gasteiger partial charge in [0, 0.05) is 24.2 Å². The van der Waals surface area contributed by atoms with Gasteiger partial charge in [-0.15, -0.1) is 11.3 Å². The number of aromatic nitrogens is 1. The first kappa shape index (κ1) is 11.0. The Morgan fingerprint density at radius 2 is 2.27 bits per heavy atom.